The topological polar surface area (TPSA) is 84.7 Å². The highest BCUT2D eigenvalue weighted by Gasteiger charge is 2.14. The summed E-state index contributed by atoms with van der Waals surface area (Å²) in [6, 6.07) is 7.63. The minimum atomic E-state index is -0.584. The van der Waals surface area contributed by atoms with Crippen LogP contribution in [-0.4, -0.2) is 21.3 Å². The number of primary amides is 1. The lowest BCUT2D eigenvalue weighted by molar-refractivity contribution is 0.0996. The smallest absolute Gasteiger partial charge is 0.271 e. The molecular formula is C10H10N4O. The van der Waals surface area contributed by atoms with E-state index in [1.54, 1.807) is 0 Å². The highest BCUT2D eigenvalue weighted by molar-refractivity contribution is 5.96. The van der Waals surface area contributed by atoms with Gasteiger partial charge in [-0.1, -0.05) is 29.8 Å². The van der Waals surface area contributed by atoms with Crippen molar-refractivity contribution in [1.82, 2.24) is 15.4 Å². The molecule has 0 aliphatic carbocycles. The first kappa shape index (κ1) is 9.39. The zero-order chi connectivity index (χ0) is 10.8. The molecule has 0 unspecified atom stereocenters. The third-order valence-corrected chi connectivity index (χ3v) is 2.11. The molecule has 5 nitrogen and oxygen atoms in total. The molecule has 0 aliphatic rings. The maximum Gasteiger partial charge on any atom is 0.271 e. The van der Waals surface area contributed by atoms with E-state index in [1.807, 2.05) is 31.2 Å². The predicted molar refractivity (Wildman–Crippen MR) is 55.1 cm³/mol. The number of amides is 1. The largest absolute Gasteiger partial charge is 0.364 e. The van der Waals surface area contributed by atoms with Gasteiger partial charge in [-0.2, -0.15) is 15.4 Å². The minimum absolute atomic E-state index is 0.166. The second-order valence-corrected chi connectivity index (χ2v) is 3.25. The van der Waals surface area contributed by atoms with Gasteiger partial charge >= 0.3 is 0 Å². The Balaban J connectivity index is 2.49. The van der Waals surface area contributed by atoms with Crippen LogP contribution in [0.3, 0.4) is 0 Å². The summed E-state index contributed by atoms with van der Waals surface area (Å²) < 4.78 is 0. The van der Waals surface area contributed by atoms with Gasteiger partial charge in [0, 0.05) is 5.56 Å². The van der Waals surface area contributed by atoms with Crippen molar-refractivity contribution in [2.24, 2.45) is 5.73 Å². The number of carbonyl (C=O) groups is 1. The Kier molecular flexibility index (Phi) is 2.21. The molecule has 3 N–H and O–H groups in total. The van der Waals surface area contributed by atoms with Crippen LogP contribution in [0.5, 0.6) is 0 Å². The molecule has 0 saturated heterocycles. The summed E-state index contributed by atoms with van der Waals surface area (Å²) in [4.78, 5) is 11.0. The number of carbonyl (C=O) groups excluding carboxylic acids is 1. The van der Waals surface area contributed by atoms with E-state index in [9.17, 15) is 4.79 Å². The van der Waals surface area contributed by atoms with Crippen molar-refractivity contribution >= 4 is 5.91 Å². The van der Waals surface area contributed by atoms with Crippen molar-refractivity contribution in [3.63, 3.8) is 0 Å². The number of H-pyrrole nitrogens is 1. The SMILES string of the molecule is Cc1ccc(-c2n[nH]nc2C(N)=O)cc1. The maximum absolute atomic E-state index is 11.0. The van der Waals surface area contributed by atoms with E-state index in [2.05, 4.69) is 15.4 Å². The second-order valence-electron chi connectivity index (χ2n) is 3.25. The Labute approximate surface area is 86.3 Å². The molecule has 5 heteroatoms. The van der Waals surface area contributed by atoms with Crippen molar-refractivity contribution in [1.29, 1.82) is 0 Å². The van der Waals surface area contributed by atoms with Crippen molar-refractivity contribution in [3.05, 3.63) is 35.5 Å². The molecule has 1 amide bonds. The molecule has 0 aliphatic heterocycles. The molecule has 0 atom stereocenters. The lowest BCUT2D eigenvalue weighted by atomic mass is 10.1. The molecule has 76 valence electrons. The van der Waals surface area contributed by atoms with Crippen LogP contribution in [0.15, 0.2) is 24.3 Å². The molecule has 2 aromatic rings. The third-order valence-electron chi connectivity index (χ3n) is 2.11. The first-order valence-corrected chi connectivity index (χ1v) is 4.46. The van der Waals surface area contributed by atoms with E-state index in [1.165, 1.54) is 0 Å². The van der Waals surface area contributed by atoms with Gasteiger partial charge < -0.3 is 5.73 Å². The van der Waals surface area contributed by atoms with Crippen molar-refractivity contribution in [2.45, 2.75) is 6.92 Å². The Bertz CT molecular complexity index is 486. The highest BCUT2D eigenvalue weighted by Crippen LogP contribution is 2.19. The molecule has 0 bridgehead atoms. The Morgan fingerprint density at radius 1 is 1.27 bits per heavy atom. The number of aryl methyl sites for hydroxylation is 1. The number of rotatable bonds is 2. The van der Waals surface area contributed by atoms with Gasteiger partial charge in [0.1, 0.15) is 5.69 Å². The molecule has 0 saturated carbocycles. The molecule has 2 rings (SSSR count). The average Bonchev–Trinajstić information content (AvgIpc) is 2.67. The summed E-state index contributed by atoms with van der Waals surface area (Å²) in [5.41, 5.74) is 7.78. The van der Waals surface area contributed by atoms with E-state index in [-0.39, 0.29) is 5.69 Å². The van der Waals surface area contributed by atoms with E-state index in [4.69, 9.17) is 5.73 Å². The van der Waals surface area contributed by atoms with E-state index in [0.717, 1.165) is 11.1 Å². The van der Waals surface area contributed by atoms with Crippen LogP contribution >= 0.6 is 0 Å². The Morgan fingerprint density at radius 3 is 2.53 bits per heavy atom. The Morgan fingerprint density at radius 2 is 1.93 bits per heavy atom. The number of hydrogen-bond donors (Lipinski definition) is 2. The summed E-state index contributed by atoms with van der Waals surface area (Å²) in [5, 5.41) is 10.00. The number of aromatic amines is 1. The zero-order valence-corrected chi connectivity index (χ0v) is 8.19. The second kappa shape index (κ2) is 3.53. The molecule has 1 aromatic heterocycles. The summed E-state index contributed by atoms with van der Waals surface area (Å²) >= 11 is 0. The minimum Gasteiger partial charge on any atom is -0.364 e. The summed E-state index contributed by atoms with van der Waals surface area (Å²) in [6.45, 7) is 1.99. The number of benzene rings is 1. The van der Waals surface area contributed by atoms with Crippen molar-refractivity contribution < 1.29 is 4.79 Å². The Hall–Kier alpha value is -2.17. The molecule has 1 heterocycles. The van der Waals surface area contributed by atoms with Crippen LogP contribution in [0.25, 0.3) is 11.3 Å². The summed E-state index contributed by atoms with van der Waals surface area (Å²) in [6.07, 6.45) is 0. The quantitative estimate of drug-likeness (QED) is 0.758. The predicted octanol–water partition coefficient (Wildman–Crippen LogP) is 0.879. The number of nitrogens with one attached hydrogen (secondary N) is 1. The first-order chi connectivity index (χ1) is 7.18. The van der Waals surface area contributed by atoms with Crippen molar-refractivity contribution in [3.8, 4) is 11.3 Å². The molecule has 15 heavy (non-hydrogen) atoms. The fourth-order valence-electron chi connectivity index (χ4n) is 1.32. The normalized spacial score (nSPS) is 10.2. The van der Waals surface area contributed by atoms with E-state index < -0.39 is 5.91 Å². The van der Waals surface area contributed by atoms with Gasteiger partial charge in [0.05, 0.1) is 0 Å². The van der Waals surface area contributed by atoms with Crippen LogP contribution in [0, 0.1) is 6.92 Å². The van der Waals surface area contributed by atoms with Gasteiger partial charge in [-0.3, -0.25) is 4.79 Å². The van der Waals surface area contributed by atoms with Crippen LogP contribution in [-0.2, 0) is 0 Å². The number of aromatic nitrogens is 3. The fraction of sp³-hybridized carbons (Fsp3) is 0.100. The average molecular weight is 202 g/mol. The molecule has 0 spiro atoms. The summed E-state index contributed by atoms with van der Waals surface area (Å²) in [5.74, 6) is -0.584. The maximum atomic E-state index is 11.0. The molecule has 1 aromatic carbocycles. The highest BCUT2D eigenvalue weighted by atomic mass is 16.1. The standard InChI is InChI=1S/C10H10N4O/c1-6-2-4-7(5-3-6)8-9(10(11)15)13-14-12-8/h2-5H,1H3,(H2,11,15)(H,12,13,14). The monoisotopic (exact) mass is 202 g/mol. The first-order valence-electron chi connectivity index (χ1n) is 4.46. The van der Waals surface area contributed by atoms with Crippen molar-refractivity contribution in [2.75, 3.05) is 0 Å². The van der Waals surface area contributed by atoms with Gasteiger partial charge in [0.15, 0.2) is 5.69 Å². The van der Waals surface area contributed by atoms with Gasteiger partial charge in [0.25, 0.3) is 5.91 Å². The molecular weight excluding hydrogens is 192 g/mol. The zero-order valence-electron chi connectivity index (χ0n) is 8.19. The lowest BCUT2D eigenvalue weighted by Crippen LogP contribution is -2.12. The number of hydrogen-bond acceptors (Lipinski definition) is 3. The molecule has 0 fully saturated rings. The van der Waals surface area contributed by atoms with Gasteiger partial charge in [0.2, 0.25) is 0 Å². The van der Waals surface area contributed by atoms with Gasteiger partial charge in [-0.25, -0.2) is 0 Å². The van der Waals surface area contributed by atoms with Crippen LogP contribution in [0.2, 0.25) is 0 Å². The fourth-order valence-corrected chi connectivity index (χ4v) is 1.32. The molecule has 0 radical (unpaired) electrons. The van der Waals surface area contributed by atoms with Crippen LogP contribution in [0.4, 0.5) is 0 Å². The number of nitrogens with zero attached hydrogens (tertiary/aromatic N) is 2. The number of nitrogens with two attached hydrogens (primary N) is 1. The summed E-state index contributed by atoms with van der Waals surface area (Å²) in [7, 11) is 0. The third kappa shape index (κ3) is 1.71. The van der Waals surface area contributed by atoms with Crippen LogP contribution < -0.4 is 5.73 Å². The van der Waals surface area contributed by atoms with E-state index in [0.29, 0.717) is 5.69 Å². The van der Waals surface area contributed by atoms with Crippen LogP contribution in [0.1, 0.15) is 16.1 Å². The van der Waals surface area contributed by atoms with Gasteiger partial charge in [-0.15, -0.1) is 0 Å². The lowest BCUT2D eigenvalue weighted by Gasteiger charge is -1.98. The van der Waals surface area contributed by atoms with E-state index >= 15 is 0 Å². The van der Waals surface area contributed by atoms with Gasteiger partial charge in [-0.05, 0) is 6.92 Å².